The zero-order valence-corrected chi connectivity index (χ0v) is 19.0. The van der Waals surface area contributed by atoms with Crippen LogP contribution in [0.1, 0.15) is 39.2 Å². The second-order valence-electron chi connectivity index (χ2n) is 7.23. The normalized spacial score (nSPS) is 15.1. The fraction of sp³-hybridized carbons (Fsp3) is 0.409. The molecule has 0 saturated heterocycles. The number of nitrogens with zero attached hydrogens (tertiary/aromatic N) is 1. The first kappa shape index (κ1) is 22.6. The largest absolute Gasteiger partial charge is 0.492 e. The van der Waals surface area contributed by atoms with Crippen LogP contribution in [0.2, 0.25) is 5.02 Å². The van der Waals surface area contributed by atoms with Gasteiger partial charge in [0.25, 0.3) is 0 Å². The molecule has 0 bridgehead atoms. The molecule has 2 aromatic carbocycles. The molecule has 6 nitrogen and oxygen atoms in total. The van der Waals surface area contributed by atoms with Gasteiger partial charge in [0.05, 0.1) is 12.0 Å². The molecule has 0 atom stereocenters. The molecule has 0 unspecified atom stereocenters. The third-order valence-electron chi connectivity index (χ3n) is 5.41. The minimum Gasteiger partial charge on any atom is -0.492 e. The van der Waals surface area contributed by atoms with Gasteiger partial charge in [0.15, 0.2) is 0 Å². The molecule has 1 amide bonds. The van der Waals surface area contributed by atoms with E-state index >= 15 is 0 Å². The summed E-state index contributed by atoms with van der Waals surface area (Å²) in [4.78, 5) is 13.1. The summed E-state index contributed by atoms with van der Waals surface area (Å²) < 4.78 is 33.1. The van der Waals surface area contributed by atoms with E-state index in [1.54, 1.807) is 45.0 Å². The van der Waals surface area contributed by atoms with Crippen LogP contribution in [0.15, 0.2) is 47.4 Å². The zero-order chi connectivity index (χ0) is 21.9. The van der Waals surface area contributed by atoms with Gasteiger partial charge < -0.3 is 10.1 Å². The van der Waals surface area contributed by atoms with Crippen LogP contribution in [0.5, 0.6) is 5.75 Å². The van der Waals surface area contributed by atoms with Crippen molar-refractivity contribution < 1.29 is 17.9 Å². The van der Waals surface area contributed by atoms with Gasteiger partial charge in [-0.1, -0.05) is 37.6 Å². The van der Waals surface area contributed by atoms with Crippen molar-refractivity contribution in [1.82, 2.24) is 4.31 Å². The van der Waals surface area contributed by atoms with Crippen LogP contribution in [0.25, 0.3) is 0 Å². The fourth-order valence-electron chi connectivity index (χ4n) is 3.56. The van der Waals surface area contributed by atoms with E-state index in [-0.39, 0.29) is 16.6 Å². The van der Waals surface area contributed by atoms with Crippen molar-refractivity contribution in [2.75, 3.05) is 25.0 Å². The Hall–Kier alpha value is -2.09. The van der Waals surface area contributed by atoms with Crippen LogP contribution < -0.4 is 10.1 Å². The molecule has 0 aliphatic heterocycles. The second kappa shape index (κ2) is 8.96. The number of rotatable bonds is 9. The van der Waals surface area contributed by atoms with E-state index in [9.17, 15) is 13.2 Å². The Morgan fingerprint density at radius 1 is 1.10 bits per heavy atom. The van der Waals surface area contributed by atoms with E-state index in [4.69, 9.17) is 16.3 Å². The number of anilines is 1. The van der Waals surface area contributed by atoms with Crippen LogP contribution in [-0.4, -0.2) is 38.3 Å². The summed E-state index contributed by atoms with van der Waals surface area (Å²) >= 11 is 5.97. The highest BCUT2D eigenvalue weighted by molar-refractivity contribution is 7.89. The summed E-state index contributed by atoms with van der Waals surface area (Å²) in [5.41, 5.74) is 0.738. The molecule has 1 aliphatic rings. The second-order valence-corrected chi connectivity index (χ2v) is 9.57. The molecule has 2 aromatic rings. The number of halogens is 1. The number of nitrogens with one attached hydrogen (secondary N) is 1. The Kier molecular flexibility index (Phi) is 6.75. The molecule has 30 heavy (non-hydrogen) atoms. The first-order valence-electron chi connectivity index (χ1n) is 10.1. The standard InChI is InChI=1S/C22H27ClN2O4S/c1-4-25(5-2)30(27,28)20-15-18(11-12-19(20)29-6-3)24-21(26)22(13-14-22)16-7-9-17(23)10-8-16/h7-12,15H,4-6,13-14H2,1-3H3,(H,24,26). The summed E-state index contributed by atoms with van der Waals surface area (Å²) in [6.07, 6.45) is 1.48. The van der Waals surface area contributed by atoms with Gasteiger partial charge in [-0.15, -0.1) is 0 Å². The number of benzene rings is 2. The molecule has 1 N–H and O–H groups in total. The number of sulfonamides is 1. The van der Waals surface area contributed by atoms with Gasteiger partial charge in [-0.2, -0.15) is 4.31 Å². The minimum atomic E-state index is -3.75. The third-order valence-corrected chi connectivity index (χ3v) is 7.73. The van der Waals surface area contributed by atoms with Crippen molar-refractivity contribution in [3.63, 3.8) is 0 Å². The lowest BCUT2D eigenvalue weighted by molar-refractivity contribution is -0.118. The molecule has 3 rings (SSSR count). The maximum Gasteiger partial charge on any atom is 0.246 e. The lowest BCUT2D eigenvalue weighted by Gasteiger charge is -2.21. The Bertz CT molecular complexity index is 1010. The highest BCUT2D eigenvalue weighted by Gasteiger charge is 2.51. The predicted molar refractivity (Wildman–Crippen MR) is 119 cm³/mol. The van der Waals surface area contributed by atoms with Crippen LogP contribution in [0, 0.1) is 0 Å². The summed E-state index contributed by atoms with van der Waals surface area (Å²) in [6, 6.07) is 12.0. The SMILES string of the molecule is CCOc1ccc(NC(=O)C2(c3ccc(Cl)cc3)CC2)cc1S(=O)(=O)N(CC)CC. The highest BCUT2D eigenvalue weighted by atomic mass is 35.5. The molecular weight excluding hydrogens is 424 g/mol. The number of ether oxygens (including phenoxy) is 1. The van der Waals surface area contributed by atoms with Crippen molar-refractivity contribution in [2.45, 2.75) is 43.9 Å². The molecule has 1 saturated carbocycles. The molecule has 1 aliphatic carbocycles. The van der Waals surface area contributed by atoms with Crippen LogP contribution in [-0.2, 0) is 20.2 Å². The maximum absolute atomic E-state index is 13.1. The molecule has 0 heterocycles. The lowest BCUT2D eigenvalue weighted by Crippen LogP contribution is -2.31. The van der Waals surface area contributed by atoms with E-state index < -0.39 is 15.4 Å². The molecule has 1 fully saturated rings. The molecular formula is C22H27ClN2O4S. The zero-order valence-electron chi connectivity index (χ0n) is 17.4. The Labute approximate surface area is 183 Å². The number of carbonyl (C=O) groups is 1. The number of amides is 1. The topological polar surface area (TPSA) is 75.7 Å². The van der Waals surface area contributed by atoms with Crippen molar-refractivity contribution in [3.8, 4) is 5.75 Å². The first-order chi connectivity index (χ1) is 14.3. The molecule has 0 radical (unpaired) electrons. The monoisotopic (exact) mass is 450 g/mol. The van der Waals surface area contributed by atoms with Crippen molar-refractivity contribution in [3.05, 3.63) is 53.1 Å². The number of hydrogen-bond donors (Lipinski definition) is 1. The van der Waals surface area contributed by atoms with Gasteiger partial charge in [0, 0.05) is 23.8 Å². The first-order valence-corrected chi connectivity index (χ1v) is 11.9. The van der Waals surface area contributed by atoms with Gasteiger partial charge in [-0.25, -0.2) is 8.42 Å². The van der Waals surface area contributed by atoms with Gasteiger partial charge in [-0.3, -0.25) is 4.79 Å². The van der Waals surface area contributed by atoms with Gasteiger partial charge in [0.2, 0.25) is 15.9 Å². The van der Waals surface area contributed by atoms with E-state index in [0.29, 0.717) is 30.4 Å². The van der Waals surface area contributed by atoms with Crippen LogP contribution >= 0.6 is 11.6 Å². The lowest BCUT2D eigenvalue weighted by atomic mass is 9.95. The summed E-state index contributed by atoms with van der Waals surface area (Å²) in [7, 11) is -3.75. The minimum absolute atomic E-state index is 0.0576. The Morgan fingerprint density at radius 2 is 1.73 bits per heavy atom. The number of hydrogen-bond acceptors (Lipinski definition) is 4. The van der Waals surface area contributed by atoms with Crippen molar-refractivity contribution in [1.29, 1.82) is 0 Å². The fourth-order valence-corrected chi connectivity index (χ4v) is 5.30. The summed E-state index contributed by atoms with van der Waals surface area (Å²) in [5, 5.41) is 3.52. The van der Waals surface area contributed by atoms with Gasteiger partial charge in [0.1, 0.15) is 10.6 Å². The Balaban J connectivity index is 1.92. The predicted octanol–water partition coefficient (Wildman–Crippen LogP) is 4.44. The molecule has 162 valence electrons. The quantitative estimate of drug-likeness (QED) is 0.612. The van der Waals surface area contributed by atoms with Crippen LogP contribution in [0.3, 0.4) is 0 Å². The smallest absolute Gasteiger partial charge is 0.246 e. The van der Waals surface area contributed by atoms with E-state index in [0.717, 1.165) is 18.4 Å². The van der Waals surface area contributed by atoms with E-state index in [1.807, 2.05) is 12.1 Å². The Morgan fingerprint density at radius 3 is 2.27 bits per heavy atom. The highest BCUT2D eigenvalue weighted by Crippen LogP contribution is 2.49. The molecule has 0 aromatic heterocycles. The average molecular weight is 451 g/mol. The summed E-state index contributed by atoms with van der Waals surface area (Å²) in [6.45, 7) is 6.41. The maximum atomic E-state index is 13.1. The molecule has 0 spiro atoms. The van der Waals surface area contributed by atoms with Crippen LogP contribution in [0.4, 0.5) is 5.69 Å². The number of carbonyl (C=O) groups excluding carboxylic acids is 1. The van der Waals surface area contributed by atoms with Gasteiger partial charge >= 0.3 is 0 Å². The van der Waals surface area contributed by atoms with Gasteiger partial charge in [-0.05, 0) is 55.7 Å². The summed E-state index contributed by atoms with van der Waals surface area (Å²) in [5.74, 6) is 0.126. The van der Waals surface area contributed by atoms with E-state index in [2.05, 4.69) is 5.32 Å². The van der Waals surface area contributed by atoms with E-state index in [1.165, 1.54) is 10.4 Å². The molecule has 8 heteroatoms. The third kappa shape index (κ3) is 4.33. The van der Waals surface area contributed by atoms with Crippen molar-refractivity contribution in [2.24, 2.45) is 0 Å². The average Bonchev–Trinajstić information content (AvgIpc) is 3.52. The van der Waals surface area contributed by atoms with Crippen molar-refractivity contribution >= 4 is 33.2 Å².